The van der Waals surface area contributed by atoms with Crippen LogP contribution in [-0.2, 0) is 4.79 Å². The fourth-order valence-corrected chi connectivity index (χ4v) is 3.40. The fraction of sp³-hybridized carbons (Fsp3) is 0.100. The molecule has 0 fully saturated rings. The molecular formula is C20H16FN3O3S. The van der Waals surface area contributed by atoms with E-state index in [0.717, 1.165) is 23.0 Å². The van der Waals surface area contributed by atoms with Gasteiger partial charge in [-0.1, -0.05) is 41.7 Å². The maximum absolute atomic E-state index is 13.8. The van der Waals surface area contributed by atoms with E-state index in [1.54, 1.807) is 0 Å². The van der Waals surface area contributed by atoms with E-state index >= 15 is 0 Å². The van der Waals surface area contributed by atoms with Crippen molar-refractivity contribution in [2.24, 2.45) is 0 Å². The summed E-state index contributed by atoms with van der Waals surface area (Å²) in [6.45, 7) is 2.68. The van der Waals surface area contributed by atoms with E-state index in [9.17, 15) is 18.8 Å². The van der Waals surface area contributed by atoms with Crippen LogP contribution in [0.2, 0.25) is 0 Å². The summed E-state index contributed by atoms with van der Waals surface area (Å²) < 4.78 is 13.8. The normalized spacial score (nSPS) is 10.4. The topological polar surface area (TPSA) is 88.2 Å². The van der Waals surface area contributed by atoms with Crippen molar-refractivity contribution < 1.29 is 18.8 Å². The second kappa shape index (κ2) is 8.10. The number of aromatic nitrogens is 1. The number of hydrogen-bond acceptors (Lipinski definition) is 5. The lowest BCUT2D eigenvalue weighted by Gasteiger charge is -2.07. The van der Waals surface area contributed by atoms with Gasteiger partial charge in [-0.3, -0.25) is 19.7 Å². The Kier molecular flexibility index (Phi) is 5.60. The molecule has 6 nitrogen and oxygen atoms in total. The number of nitrogens with zero attached hydrogens (tertiary/aromatic N) is 1. The van der Waals surface area contributed by atoms with Gasteiger partial charge in [0.2, 0.25) is 5.91 Å². The molecule has 142 valence electrons. The van der Waals surface area contributed by atoms with Crippen molar-refractivity contribution in [2.45, 2.75) is 13.8 Å². The van der Waals surface area contributed by atoms with Crippen molar-refractivity contribution in [1.82, 2.24) is 4.98 Å². The summed E-state index contributed by atoms with van der Waals surface area (Å²) in [5, 5.41) is 5.20. The third-order valence-corrected chi connectivity index (χ3v) is 4.83. The highest BCUT2D eigenvalue weighted by molar-refractivity contribution is 7.18. The summed E-state index contributed by atoms with van der Waals surface area (Å²) in [5.41, 5.74) is 1.31. The van der Waals surface area contributed by atoms with Crippen LogP contribution < -0.4 is 10.6 Å². The Hall–Kier alpha value is -3.39. The Bertz CT molecular complexity index is 1060. The number of amides is 2. The third-order valence-electron chi connectivity index (χ3n) is 3.75. The molecule has 2 amide bonds. The number of halogens is 1. The molecule has 3 aromatic rings. The smallest absolute Gasteiger partial charge is 0.257 e. The van der Waals surface area contributed by atoms with Crippen LogP contribution in [0.4, 0.5) is 15.2 Å². The number of carbonyl (C=O) groups excluding carboxylic acids is 3. The summed E-state index contributed by atoms with van der Waals surface area (Å²) in [5.74, 6) is -1.79. The number of anilines is 2. The first-order chi connectivity index (χ1) is 13.3. The van der Waals surface area contributed by atoms with Crippen LogP contribution in [0.5, 0.6) is 0 Å². The monoisotopic (exact) mass is 397 g/mol. The van der Waals surface area contributed by atoms with Crippen LogP contribution in [0.1, 0.15) is 33.9 Å². The summed E-state index contributed by atoms with van der Waals surface area (Å²) in [6.07, 6.45) is 0. The van der Waals surface area contributed by atoms with E-state index in [1.807, 2.05) is 30.3 Å². The highest BCUT2D eigenvalue weighted by Gasteiger charge is 2.19. The molecule has 28 heavy (non-hydrogen) atoms. The molecule has 0 spiro atoms. The third kappa shape index (κ3) is 4.29. The molecule has 0 saturated carbocycles. The number of nitrogens with one attached hydrogen (secondary N) is 2. The van der Waals surface area contributed by atoms with Crippen molar-refractivity contribution >= 4 is 39.8 Å². The minimum atomic E-state index is -0.647. The summed E-state index contributed by atoms with van der Waals surface area (Å²) in [4.78, 5) is 40.5. The zero-order valence-electron chi connectivity index (χ0n) is 15.1. The van der Waals surface area contributed by atoms with Gasteiger partial charge in [-0.25, -0.2) is 9.37 Å². The van der Waals surface area contributed by atoms with Crippen molar-refractivity contribution in [3.63, 3.8) is 0 Å². The molecule has 0 radical (unpaired) electrons. The number of rotatable bonds is 5. The number of hydrogen-bond donors (Lipinski definition) is 2. The lowest BCUT2D eigenvalue weighted by molar-refractivity contribution is -0.114. The Balaban J connectivity index is 1.89. The average molecular weight is 397 g/mol. The second-order valence-electron chi connectivity index (χ2n) is 5.95. The van der Waals surface area contributed by atoms with Gasteiger partial charge in [-0.2, -0.15) is 0 Å². The summed E-state index contributed by atoms with van der Waals surface area (Å²) in [6, 6.07) is 12.8. The minimum Gasteiger partial charge on any atom is -0.324 e. The van der Waals surface area contributed by atoms with Gasteiger partial charge in [0.25, 0.3) is 5.91 Å². The molecule has 0 atom stereocenters. The van der Waals surface area contributed by atoms with Gasteiger partial charge in [-0.05, 0) is 18.2 Å². The highest BCUT2D eigenvalue weighted by Crippen LogP contribution is 2.31. The van der Waals surface area contributed by atoms with E-state index in [0.29, 0.717) is 10.6 Å². The van der Waals surface area contributed by atoms with E-state index in [-0.39, 0.29) is 22.2 Å². The van der Waals surface area contributed by atoms with Gasteiger partial charge in [0.05, 0.1) is 16.3 Å². The van der Waals surface area contributed by atoms with Crippen molar-refractivity contribution in [1.29, 1.82) is 0 Å². The molecule has 0 saturated heterocycles. The molecule has 2 N–H and O–H groups in total. The number of benzene rings is 2. The SMILES string of the molecule is CC(=O)Nc1cc(C(=O)Nc2nc(-c3ccccc3)c(C(C)=O)s2)ccc1F. The molecule has 1 heterocycles. The molecule has 0 bridgehead atoms. The standard InChI is InChI=1S/C20H16FN3O3S/c1-11(25)18-17(13-6-4-3-5-7-13)23-20(28-18)24-19(27)14-8-9-15(21)16(10-14)22-12(2)26/h3-10H,1-2H3,(H,22,26)(H,23,24,27). The summed E-state index contributed by atoms with van der Waals surface area (Å²) >= 11 is 1.07. The number of carbonyl (C=O) groups is 3. The predicted molar refractivity (Wildman–Crippen MR) is 106 cm³/mol. The molecule has 2 aromatic carbocycles. The van der Waals surface area contributed by atoms with Gasteiger partial charge in [0, 0.05) is 25.0 Å². The van der Waals surface area contributed by atoms with E-state index in [2.05, 4.69) is 15.6 Å². The second-order valence-corrected chi connectivity index (χ2v) is 6.95. The lowest BCUT2D eigenvalue weighted by atomic mass is 10.1. The first-order valence-electron chi connectivity index (χ1n) is 8.31. The molecule has 3 rings (SSSR count). The predicted octanol–water partition coefficient (Wildman–Crippen LogP) is 4.36. The van der Waals surface area contributed by atoms with E-state index in [1.165, 1.54) is 26.0 Å². The maximum Gasteiger partial charge on any atom is 0.257 e. The Morgan fingerprint density at radius 1 is 1.00 bits per heavy atom. The van der Waals surface area contributed by atoms with Crippen LogP contribution in [0.3, 0.4) is 0 Å². The molecule has 0 aliphatic heterocycles. The van der Waals surface area contributed by atoms with E-state index < -0.39 is 17.6 Å². The van der Waals surface area contributed by atoms with Crippen molar-refractivity contribution in [3.8, 4) is 11.3 Å². The van der Waals surface area contributed by atoms with Gasteiger partial charge in [0.1, 0.15) is 5.82 Å². The fourth-order valence-electron chi connectivity index (χ4n) is 2.53. The van der Waals surface area contributed by atoms with Crippen LogP contribution in [-0.4, -0.2) is 22.6 Å². The Morgan fingerprint density at radius 3 is 2.36 bits per heavy atom. The van der Waals surface area contributed by atoms with Gasteiger partial charge < -0.3 is 5.32 Å². The molecule has 0 unspecified atom stereocenters. The molecule has 0 aliphatic rings. The largest absolute Gasteiger partial charge is 0.324 e. The van der Waals surface area contributed by atoms with Crippen molar-refractivity contribution in [3.05, 3.63) is 64.8 Å². The molecular weight excluding hydrogens is 381 g/mol. The maximum atomic E-state index is 13.8. The van der Waals surface area contributed by atoms with Gasteiger partial charge in [-0.15, -0.1) is 0 Å². The van der Waals surface area contributed by atoms with E-state index in [4.69, 9.17) is 0 Å². The average Bonchev–Trinajstić information content (AvgIpc) is 3.08. The lowest BCUT2D eigenvalue weighted by Crippen LogP contribution is -2.14. The van der Waals surface area contributed by atoms with Crippen LogP contribution in [0.25, 0.3) is 11.3 Å². The van der Waals surface area contributed by atoms with Gasteiger partial charge in [0.15, 0.2) is 10.9 Å². The first kappa shape index (κ1) is 19.4. The number of ketones is 1. The van der Waals surface area contributed by atoms with Crippen molar-refractivity contribution in [2.75, 3.05) is 10.6 Å². The zero-order valence-corrected chi connectivity index (χ0v) is 15.9. The first-order valence-corrected chi connectivity index (χ1v) is 9.12. The zero-order chi connectivity index (χ0) is 20.3. The molecule has 0 aliphatic carbocycles. The van der Waals surface area contributed by atoms with Crippen LogP contribution in [0.15, 0.2) is 48.5 Å². The summed E-state index contributed by atoms with van der Waals surface area (Å²) in [7, 11) is 0. The molecule has 1 aromatic heterocycles. The van der Waals surface area contributed by atoms with Gasteiger partial charge >= 0.3 is 0 Å². The highest BCUT2D eigenvalue weighted by atomic mass is 32.1. The van der Waals surface area contributed by atoms with Crippen LogP contribution in [0, 0.1) is 5.82 Å². The molecule has 8 heteroatoms. The number of thiazole rings is 1. The Morgan fingerprint density at radius 2 is 1.71 bits per heavy atom. The Labute approximate surface area is 164 Å². The van der Waals surface area contributed by atoms with Crippen LogP contribution >= 0.6 is 11.3 Å². The number of Topliss-reactive ketones (excluding diaryl/α,β-unsaturated/α-hetero) is 1. The minimum absolute atomic E-state index is 0.0892. The quantitative estimate of drug-likeness (QED) is 0.626.